The first kappa shape index (κ1) is 14.7. The van der Waals surface area contributed by atoms with Crippen molar-refractivity contribution >= 4 is 27.3 Å². The highest BCUT2D eigenvalue weighted by molar-refractivity contribution is 7.96. The van der Waals surface area contributed by atoms with E-state index in [9.17, 15) is 21.6 Å². The fourth-order valence-corrected chi connectivity index (χ4v) is 3.15. The van der Waals surface area contributed by atoms with Gasteiger partial charge in [0.2, 0.25) is 19.2 Å². The average molecular weight is 320 g/mol. The molecule has 0 radical (unpaired) electrons. The second kappa shape index (κ2) is 5.33. The van der Waals surface area contributed by atoms with E-state index in [4.69, 9.17) is 0 Å². The minimum Gasteiger partial charge on any atom is -0.217 e. The minimum absolute atomic E-state index is 0.00453. The maximum Gasteiger partial charge on any atom is 0.445 e. The molecule has 0 aliphatic heterocycles. The largest absolute Gasteiger partial charge is 0.445 e. The van der Waals surface area contributed by atoms with Crippen molar-refractivity contribution in [3.8, 4) is 0 Å². The number of nitrogens with zero attached hydrogens (tertiary/aromatic N) is 2. The third-order valence-corrected chi connectivity index (χ3v) is 4.90. The predicted octanol–water partition coefficient (Wildman–Crippen LogP) is 3.00. The summed E-state index contributed by atoms with van der Waals surface area (Å²) in [4.78, 5) is 0. The number of hydrogen-bond acceptors (Lipinski definition) is 5. The summed E-state index contributed by atoms with van der Waals surface area (Å²) in [6, 6.07) is 8.49. The molecule has 20 heavy (non-hydrogen) atoms. The van der Waals surface area contributed by atoms with E-state index in [1.165, 1.54) is 6.08 Å². The molecular weight excluding hydrogens is 313 g/mol. The zero-order valence-electron chi connectivity index (χ0n) is 9.70. The number of sulfone groups is 1. The van der Waals surface area contributed by atoms with Gasteiger partial charge in [0.1, 0.15) is 0 Å². The summed E-state index contributed by atoms with van der Waals surface area (Å²) in [7, 11) is -4.03. The normalized spacial score (nSPS) is 12.9. The van der Waals surface area contributed by atoms with Crippen molar-refractivity contribution in [3.63, 3.8) is 0 Å². The first-order valence-electron chi connectivity index (χ1n) is 5.18. The van der Waals surface area contributed by atoms with Gasteiger partial charge in [-0.15, -0.1) is 10.2 Å². The molecule has 0 unspecified atom stereocenters. The van der Waals surface area contributed by atoms with Crippen LogP contribution >= 0.6 is 11.3 Å². The zero-order valence-corrected chi connectivity index (χ0v) is 11.3. The van der Waals surface area contributed by atoms with E-state index in [1.54, 1.807) is 30.3 Å². The Kier molecular flexibility index (Phi) is 3.91. The zero-order chi connectivity index (χ0) is 14.8. The number of rotatable bonds is 3. The average Bonchev–Trinajstić information content (AvgIpc) is 2.88. The SMILES string of the molecule is O=S(=O)(C=Cc1ccccc1)c1nnc(C(F)(F)F)s1. The molecule has 0 fully saturated rings. The topological polar surface area (TPSA) is 59.9 Å². The van der Waals surface area contributed by atoms with Crippen LogP contribution in [0, 0.1) is 0 Å². The van der Waals surface area contributed by atoms with Crippen LogP contribution in [0.1, 0.15) is 10.6 Å². The van der Waals surface area contributed by atoms with Gasteiger partial charge in [-0.2, -0.15) is 13.2 Å². The van der Waals surface area contributed by atoms with Gasteiger partial charge in [-0.05, 0) is 11.6 Å². The Bertz CT molecular complexity index is 722. The first-order chi connectivity index (χ1) is 9.29. The summed E-state index contributed by atoms with van der Waals surface area (Å²) in [5, 5.41) is 5.44. The maximum atomic E-state index is 12.3. The van der Waals surface area contributed by atoms with Crippen LogP contribution in [-0.4, -0.2) is 18.6 Å². The summed E-state index contributed by atoms with van der Waals surface area (Å²) in [6.45, 7) is 0. The molecule has 1 aromatic heterocycles. The van der Waals surface area contributed by atoms with Crippen LogP contribution in [0.2, 0.25) is 0 Å². The summed E-state index contributed by atoms with van der Waals surface area (Å²) in [5.41, 5.74) is 0.608. The quantitative estimate of drug-likeness (QED) is 0.872. The molecule has 0 aliphatic rings. The molecule has 106 valence electrons. The van der Waals surface area contributed by atoms with Gasteiger partial charge in [0.05, 0.1) is 0 Å². The molecule has 1 heterocycles. The van der Waals surface area contributed by atoms with Crippen molar-refractivity contribution < 1.29 is 21.6 Å². The highest BCUT2D eigenvalue weighted by atomic mass is 32.2. The Morgan fingerprint density at radius 3 is 2.30 bits per heavy atom. The van der Waals surface area contributed by atoms with Crippen LogP contribution in [-0.2, 0) is 16.0 Å². The third-order valence-electron chi connectivity index (χ3n) is 2.13. The summed E-state index contributed by atoms with van der Waals surface area (Å²) in [5.74, 6) is 0. The van der Waals surface area contributed by atoms with Gasteiger partial charge in [0.15, 0.2) is 0 Å². The van der Waals surface area contributed by atoms with Crippen LogP contribution in [0.4, 0.5) is 13.2 Å². The van der Waals surface area contributed by atoms with Crippen molar-refractivity contribution in [2.75, 3.05) is 0 Å². The molecule has 2 rings (SSSR count). The Labute approximate surface area is 116 Å². The van der Waals surface area contributed by atoms with E-state index in [0.717, 1.165) is 5.41 Å². The summed E-state index contributed by atoms with van der Waals surface area (Å²) >= 11 is -0.00453. The van der Waals surface area contributed by atoms with Crippen molar-refractivity contribution in [1.29, 1.82) is 0 Å². The fourth-order valence-electron chi connectivity index (χ4n) is 1.23. The van der Waals surface area contributed by atoms with E-state index in [2.05, 4.69) is 10.2 Å². The molecule has 0 saturated heterocycles. The minimum atomic E-state index is -4.70. The molecule has 1 aromatic carbocycles. The van der Waals surface area contributed by atoms with Gasteiger partial charge in [0.25, 0.3) is 0 Å². The second-order valence-corrected chi connectivity index (χ2v) is 6.61. The molecule has 0 amide bonds. The second-order valence-electron chi connectivity index (χ2n) is 3.63. The lowest BCUT2D eigenvalue weighted by Crippen LogP contribution is -2.03. The molecule has 0 saturated carbocycles. The summed E-state index contributed by atoms with van der Waals surface area (Å²) in [6.07, 6.45) is -3.42. The first-order valence-corrected chi connectivity index (χ1v) is 7.54. The lowest BCUT2D eigenvalue weighted by atomic mass is 10.2. The molecule has 0 atom stereocenters. The number of aromatic nitrogens is 2. The molecular formula is C11H7F3N2O2S2. The van der Waals surface area contributed by atoms with E-state index >= 15 is 0 Å². The number of benzene rings is 1. The van der Waals surface area contributed by atoms with E-state index in [1.807, 2.05) is 0 Å². The van der Waals surface area contributed by atoms with Crippen LogP contribution in [0.15, 0.2) is 40.1 Å². The van der Waals surface area contributed by atoms with Crippen LogP contribution in [0.25, 0.3) is 6.08 Å². The maximum absolute atomic E-state index is 12.3. The van der Waals surface area contributed by atoms with Crippen LogP contribution in [0.5, 0.6) is 0 Å². The van der Waals surface area contributed by atoms with Crippen molar-refractivity contribution in [3.05, 3.63) is 46.3 Å². The molecule has 0 aliphatic carbocycles. The Morgan fingerprint density at radius 2 is 1.75 bits per heavy atom. The monoisotopic (exact) mass is 320 g/mol. The highest BCUT2D eigenvalue weighted by Crippen LogP contribution is 2.33. The number of halogens is 3. The van der Waals surface area contributed by atoms with Crippen molar-refractivity contribution in [2.45, 2.75) is 10.5 Å². The predicted molar refractivity (Wildman–Crippen MR) is 67.6 cm³/mol. The standard InChI is InChI=1S/C11H7F3N2O2S2/c12-11(13,14)9-15-16-10(19-9)20(17,18)7-6-8-4-2-1-3-5-8/h1-7H. The molecule has 2 aromatic rings. The van der Waals surface area contributed by atoms with Gasteiger partial charge in [-0.3, -0.25) is 0 Å². The van der Waals surface area contributed by atoms with Crippen LogP contribution < -0.4 is 0 Å². The molecule has 0 spiro atoms. The Hall–Kier alpha value is -1.74. The van der Waals surface area contributed by atoms with Gasteiger partial charge in [0, 0.05) is 5.41 Å². The molecule has 0 bridgehead atoms. The molecule has 0 N–H and O–H groups in total. The van der Waals surface area contributed by atoms with Gasteiger partial charge in [-0.25, -0.2) is 8.42 Å². The Balaban J connectivity index is 2.27. The van der Waals surface area contributed by atoms with E-state index in [-0.39, 0.29) is 11.3 Å². The van der Waals surface area contributed by atoms with Crippen LogP contribution in [0.3, 0.4) is 0 Å². The Morgan fingerprint density at radius 1 is 1.10 bits per heavy atom. The van der Waals surface area contributed by atoms with E-state index < -0.39 is 25.4 Å². The van der Waals surface area contributed by atoms with E-state index in [0.29, 0.717) is 5.56 Å². The lowest BCUT2D eigenvalue weighted by molar-refractivity contribution is -0.138. The van der Waals surface area contributed by atoms with Crippen molar-refractivity contribution in [1.82, 2.24) is 10.2 Å². The molecule has 9 heteroatoms. The van der Waals surface area contributed by atoms with Gasteiger partial charge < -0.3 is 0 Å². The van der Waals surface area contributed by atoms with Gasteiger partial charge in [-0.1, -0.05) is 41.7 Å². The summed E-state index contributed by atoms with van der Waals surface area (Å²) < 4.78 is 59.9. The van der Waals surface area contributed by atoms with Gasteiger partial charge >= 0.3 is 6.18 Å². The molecule has 4 nitrogen and oxygen atoms in total. The fraction of sp³-hybridized carbons (Fsp3) is 0.0909. The lowest BCUT2D eigenvalue weighted by Gasteiger charge is -1.97. The number of alkyl halides is 3. The highest BCUT2D eigenvalue weighted by Gasteiger charge is 2.37. The van der Waals surface area contributed by atoms with Crippen molar-refractivity contribution in [2.24, 2.45) is 0 Å². The third kappa shape index (κ3) is 3.42. The number of hydrogen-bond donors (Lipinski definition) is 0. The smallest absolute Gasteiger partial charge is 0.217 e.